The first-order valence-electron chi connectivity index (χ1n) is 6.55. The van der Waals surface area contributed by atoms with Crippen molar-refractivity contribution in [1.29, 1.82) is 5.26 Å². The Labute approximate surface area is 137 Å². The van der Waals surface area contributed by atoms with Gasteiger partial charge in [-0.05, 0) is 24.6 Å². The zero-order chi connectivity index (χ0) is 16.7. The Kier molecular flexibility index (Phi) is 6.80. The van der Waals surface area contributed by atoms with Gasteiger partial charge in [-0.15, -0.1) is 0 Å². The molecule has 0 heterocycles. The molecule has 0 N–H and O–H groups in total. The van der Waals surface area contributed by atoms with E-state index in [1.165, 1.54) is 7.11 Å². The van der Waals surface area contributed by atoms with Crippen molar-refractivity contribution < 1.29 is 19.1 Å². The van der Waals surface area contributed by atoms with Crippen LogP contribution in [0.15, 0.2) is 40.9 Å². The molecular formula is C16H16BrNO4. The van der Waals surface area contributed by atoms with Gasteiger partial charge >= 0.3 is 11.9 Å². The van der Waals surface area contributed by atoms with Gasteiger partial charge in [-0.1, -0.05) is 34.6 Å². The molecule has 1 aromatic rings. The first-order chi connectivity index (χ1) is 10.5. The lowest BCUT2D eigenvalue weighted by atomic mass is 9.81. The summed E-state index contributed by atoms with van der Waals surface area (Å²) in [6.07, 6.45) is 0. The fourth-order valence-corrected chi connectivity index (χ4v) is 2.28. The highest BCUT2D eigenvalue weighted by atomic mass is 79.9. The lowest BCUT2D eigenvalue weighted by Crippen LogP contribution is -2.27. The number of benzene rings is 1. The van der Waals surface area contributed by atoms with Crippen LogP contribution in [-0.2, 0) is 19.1 Å². The third-order valence-corrected chi connectivity index (χ3v) is 3.59. The number of methoxy groups -OCH3 is 1. The standard InChI is InChI=1S/C16H16BrNO4/c1-4-22-16(20)13(9-18)14(10(2)15(19)21-3)11-5-7-12(17)8-6-11/h5-8,13-14H,2,4H2,1,3H3. The number of carbonyl (C=O) groups excluding carboxylic acids is 2. The number of carbonyl (C=O) groups is 2. The van der Waals surface area contributed by atoms with E-state index in [4.69, 9.17) is 4.74 Å². The van der Waals surface area contributed by atoms with E-state index in [2.05, 4.69) is 27.2 Å². The number of rotatable bonds is 6. The van der Waals surface area contributed by atoms with Gasteiger partial charge in [0.1, 0.15) is 0 Å². The third kappa shape index (κ3) is 4.18. The number of nitrogens with zero attached hydrogens (tertiary/aromatic N) is 1. The summed E-state index contributed by atoms with van der Waals surface area (Å²) in [4.78, 5) is 23.8. The van der Waals surface area contributed by atoms with Crippen molar-refractivity contribution in [3.63, 3.8) is 0 Å². The van der Waals surface area contributed by atoms with Gasteiger partial charge < -0.3 is 9.47 Å². The molecule has 6 heteroatoms. The molecule has 116 valence electrons. The van der Waals surface area contributed by atoms with Crippen LogP contribution in [-0.4, -0.2) is 25.7 Å². The van der Waals surface area contributed by atoms with Gasteiger partial charge in [0.25, 0.3) is 0 Å². The third-order valence-electron chi connectivity index (χ3n) is 3.07. The van der Waals surface area contributed by atoms with E-state index in [9.17, 15) is 14.9 Å². The molecule has 1 aromatic carbocycles. The van der Waals surface area contributed by atoms with Crippen LogP contribution in [0.2, 0.25) is 0 Å². The minimum absolute atomic E-state index is 0.0319. The minimum atomic E-state index is -1.17. The van der Waals surface area contributed by atoms with E-state index in [0.717, 1.165) is 4.47 Å². The largest absolute Gasteiger partial charge is 0.466 e. The van der Waals surface area contributed by atoms with Crippen LogP contribution >= 0.6 is 15.9 Å². The summed E-state index contributed by atoms with van der Waals surface area (Å²) in [6.45, 7) is 5.49. The van der Waals surface area contributed by atoms with Crippen molar-refractivity contribution >= 4 is 27.9 Å². The Hall–Kier alpha value is -2.13. The maximum absolute atomic E-state index is 12.0. The fourth-order valence-electron chi connectivity index (χ4n) is 2.02. The fraction of sp³-hybridized carbons (Fsp3) is 0.312. The predicted octanol–water partition coefficient (Wildman–Crippen LogP) is 2.96. The monoisotopic (exact) mass is 365 g/mol. The summed E-state index contributed by atoms with van der Waals surface area (Å²) < 4.78 is 10.4. The normalized spacial score (nSPS) is 12.6. The first kappa shape index (κ1) is 17.9. The molecule has 0 saturated carbocycles. The summed E-state index contributed by atoms with van der Waals surface area (Å²) in [6, 6.07) is 8.85. The maximum atomic E-state index is 12.0. The zero-order valence-electron chi connectivity index (χ0n) is 12.3. The summed E-state index contributed by atoms with van der Waals surface area (Å²) in [7, 11) is 1.22. The lowest BCUT2D eigenvalue weighted by molar-refractivity contribution is -0.146. The van der Waals surface area contributed by atoms with Gasteiger partial charge in [0.15, 0.2) is 5.92 Å². The number of nitriles is 1. The Morgan fingerprint density at radius 3 is 2.41 bits per heavy atom. The van der Waals surface area contributed by atoms with E-state index in [0.29, 0.717) is 5.56 Å². The van der Waals surface area contributed by atoms with Gasteiger partial charge in [-0.2, -0.15) is 5.26 Å². The second-order valence-electron chi connectivity index (χ2n) is 4.40. The molecule has 0 fully saturated rings. The molecule has 1 rings (SSSR count). The van der Waals surface area contributed by atoms with Crippen molar-refractivity contribution in [2.24, 2.45) is 5.92 Å². The van der Waals surface area contributed by atoms with Gasteiger partial charge in [-0.25, -0.2) is 4.79 Å². The van der Waals surface area contributed by atoms with E-state index in [1.807, 2.05) is 6.07 Å². The maximum Gasteiger partial charge on any atom is 0.333 e. The number of ether oxygens (including phenoxy) is 2. The van der Waals surface area contributed by atoms with Crippen LogP contribution in [0.25, 0.3) is 0 Å². The molecule has 0 aliphatic carbocycles. The number of hydrogen-bond acceptors (Lipinski definition) is 5. The molecule has 0 bridgehead atoms. The molecule has 0 spiro atoms. The minimum Gasteiger partial charge on any atom is -0.466 e. The summed E-state index contributed by atoms with van der Waals surface area (Å²) in [5.74, 6) is -3.36. The van der Waals surface area contributed by atoms with E-state index in [-0.39, 0.29) is 12.2 Å². The Balaban J connectivity index is 3.29. The first-order valence-corrected chi connectivity index (χ1v) is 7.34. The molecule has 0 saturated heterocycles. The average molecular weight is 366 g/mol. The number of halogens is 1. The lowest BCUT2D eigenvalue weighted by Gasteiger charge is -2.22. The smallest absolute Gasteiger partial charge is 0.333 e. The van der Waals surface area contributed by atoms with E-state index in [1.54, 1.807) is 31.2 Å². The van der Waals surface area contributed by atoms with Crippen molar-refractivity contribution in [1.82, 2.24) is 0 Å². The van der Waals surface area contributed by atoms with Crippen LogP contribution in [0.1, 0.15) is 18.4 Å². The molecule has 0 aromatic heterocycles. The molecular weight excluding hydrogens is 350 g/mol. The Morgan fingerprint density at radius 2 is 1.95 bits per heavy atom. The summed E-state index contributed by atoms with van der Waals surface area (Å²) in [5, 5.41) is 9.36. The van der Waals surface area contributed by atoms with Crippen molar-refractivity contribution in [2.75, 3.05) is 13.7 Å². The molecule has 0 aliphatic heterocycles. The number of hydrogen-bond donors (Lipinski definition) is 0. The van der Waals surface area contributed by atoms with Gasteiger partial charge in [0, 0.05) is 16.0 Å². The van der Waals surface area contributed by atoms with Crippen LogP contribution in [0, 0.1) is 17.2 Å². The molecule has 0 amide bonds. The molecule has 2 atom stereocenters. The quantitative estimate of drug-likeness (QED) is 0.572. The molecule has 22 heavy (non-hydrogen) atoms. The summed E-state index contributed by atoms with van der Waals surface area (Å²) >= 11 is 3.31. The van der Waals surface area contributed by atoms with Crippen LogP contribution < -0.4 is 0 Å². The average Bonchev–Trinajstić information content (AvgIpc) is 2.52. The molecule has 5 nitrogen and oxygen atoms in total. The SMILES string of the molecule is C=C(C(=O)OC)C(c1ccc(Br)cc1)C(C#N)C(=O)OCC. The highest BCUT2D eigenvalue weighted by Crippen LogP contribution is 2.33. The van der Waals surface area contributed by atoms with Gasteiger partial charge in [0.2, 0.25) is 0 Å². The zero-order valence-corrected chi connectivity index (χ0v) is 13.9. The highest BCUT2D eigenvalue weighted by molar-refractivity contribution is 9.10. The highest BCUT2D eigenvalue weighted by Gasteiger charge is 2.35. The predicted molar refractivity (Wildman–Crippen MR) is 83.8 cm³/mol. The molecule has 2 unspecified atom stereocenters. The Bertz CT molecular complexity index is 604. The van der Waals surface area contributed by atoms with Gasteiger partial charge in [-0.3, -0.25) is 4.79 Å². The Morgan fingerprint density at radius 1 is 1.36 bits per heavy atom. The second kappa shape index (κ2) is 8.35. The molecule has 0 radical (unpaired) electrons. The molecule has 0 aliphatic rings. The number of esters is 2. The van der Waals surface area contributed by atoms with Crippen molar-refractivity contribution in [2.45, 2.75) is 12.8 Å². The summed E-state index contributed by atoms with van der Waals surface area (Å²) in [5.41, 5.74) is 0.641. The topological polar surface area (TPSA) is 76.4 Å². The van der Waals surface area contributed by atoms with Gasteiger partial charge in [0.05, 0.1) is 19.8 Å². The van der Waals surface area contributed by atoms with Crippen molar-refractivity contribution in [3.8, 4) is 6.07 Å². The van der Waals surface area contributed by atoms with Crippen molar-refractivity contribution in [3.05, 3.63) is 46.5 Å². The second-order valence-corrected chi connectivity index (χ2v) is 5.32. The van der Waals surface area contributed by atoms with E-state index >= 15 is 0 Å². The van der Waals surface area contributed by atoms with Crippen LogP contribution in [0.3, 0.4) is 0 Å². The van der Waals surface area contributed by atoms with Crippen LogP contribution in [0.4, 0.5) is 0 Å². The van der Waals surface area contributed by atoms with E-state index < -0.39 is 23.8 Å². The van der Waals surface area contributed by atoms with Crippen LogP contribution in [0.5, 0.6) is 0 Å².